The molecule has 6 heteroatoms. The van der Waals surface area contributed by atoms with E-state index in [1.54, 1.807) is 18.2 Å². The fraction of sp³-hybridized carbons (Fsp3) is 0.600. The van der Waals surface area contributed by atoms with Crippen LogP contribution in [0.25, 0.3) is 0 Å². The van der Waals surface area contributed by atoms with Crippen molar-refractivity contribution >= 4 is 10.0 Å². The molecule has 0 aliphatic heterocycles. The second kappa shape index (κ2) is 7.89. The highest BCUT2D eigenvalue weighted by Gasteiger charge is 2.19. The zero-order valence-corrected chi connectivity index (χ0v) is 14.4. The van der Waals surface area contributed by atoms with Gasteiger partial charge >= 0.3 is 0 Å². The summed E-state index contributed by atoms with van der Waals surface area (Å²) in [7, 11) is 2.24. The summed E-state index contributed by atoms with van der Waals surface area (Å²) in [5.41, 5.74) is 0.989. The van der Waals surface area contributed by atoms with Gasteiger partial charge < -0.3 is 10.2 Å². The van der Waals surface area contributed by atoms with E-state index in [-0.39, 0.29) is 12.1 Å². The van der Waals surface area contributed by atoms with Gasteiger partial charge in [0, 0.05) is 18.6 Å². The normalized spacial score (nSPS) is 15.1. The van der Waals surface area contributed by atoms with Crippen LogP contribution in [-0.4, -0.2) is 47.0 Å². The zero-order chi connectivity index (χ0) is 16.0. The monoisotopic (exact) mass is 313 g/mol. The van der Waals surface area contributed by atoms with Crippen molar-refractivity contribution in [2.75, 3.05) is 27.7 Å². The third kappa shape index (κ3) is 5.39. The van der Waals surface area contributed by atoms with Gasteiger partial charge in [-0.05, 0) is 52.2 Å². The third-order valence-corrected chi connectivity index (χ3v) is 4.91. The lowest BCUT2D eigenvalue weighted by Gasteiger charge is -2.19. The van der Waals surface area contributed by atoms with Crippen LogP contribution in [0.2, 0.25) is 0 Å². The van der Waals surface area contributed by atoms with Crippen molar-refractivity contribution in [2.45, 2.75) is 37.2 Å². The molecule has 0 spiro atoms. The van der Waals surface area contributed by atoms with E-state index in [4.69, 9.17) is 0 Å². The molecule has 21 heavy (non-hydrogen) atoms. The molecule has 2 atom stereocenters. The first-order valence-electron chi connectivity index (χ1n) is 7.24. The predicted octanol–water partition coefficient (Wildman–Crippen LogP) is 1.59. The average Bonchev–Trinajstić information content (AvgIpc) is 2.39. The molecule has 1 aromatic carbocycles. The lowest BCUT2D eigenvalue weighted by molar-refractivity contribution is 0.370. The van der Waals surface area contributed by atoms with E-state index in [0.717, 1.165) is 12.0 Å². The molecule has 0 aliphatic rings. The molecular weight excluding hydrogens is 286 g/mol. The first kappa shape index (κ1) is 18.1. The van der Waals surface area contributed by atoms with E-state index in [0.29, 0.717) is 11.4 Å². The lowest BCUT2D eigenvalue weighted by atomic mass is 10.1. The summed E-state index contributed by atoms with van der Waals surface area (Å²) in [5.74, 6) is 0. The standard InChI is InChI=1S/C15H27N3O2S/c1-6-15(16-3)13-8-7-9-14(10-13)21(19,20)17-12(2)11-18(4)5/h7-10,12,15-17H,6,11H2,1-5H3. The Morgan fingerprint density at radius 3 is 2.48 bits per heavy atom. The van der Waals surface area contributed by atoms with E-state index in [9.17, 15) is 8.42 Å². The van der Waals surface area contributed by atoms with Crippen LogP contribution in [0, 0.1) is 0 Å². The second-order valence-electron chi connectivity index (χ2n) is 5.61. The summed E-state index contributed by atoms with van der Waals surface area (Å²) in [4.78, 5) is 2.27. The van der Waals surface area contributed by atoms with Crippen LogP contribution in [0.15, 0.2) is 29.2 Å². The highest BCUT2D eigenvalue weighted by atomic mass is 32.2. The minimum Gasteiger partial charge on any atom is -0.313 e. The maximum absolute atomic E-state index is 12.4. The van der Waals surface area contributed by atoms with Crippen molar-refractivity contribution in [1.29, 1.82) is 0 Å². The molecule has 0 radical (unpaired) electrons. The predicted molar refractivity (Wildman–Crippen MR) is 86.9 cm³/mol. The van der Waals surface area contributed by atoms with Crippen LogP contribution < -0.4 is 10.0 Å². The molecule has 0 saturated carbocycles. The van der Waals surface area contributed by atoms with Crippen molar-refractivity contribution in [1.82, 2.24) is 14.9 Å². The molecule has 120 valence electrons. The largest absolute Gasteiger partial charge is 0.313 e. The van der Waals surface area contributed by atoms with Crippen molar-refractivity contribution < 1.29 is 8.42 Å². The average molecular weight is 313 g/mol. The van der Waals surface area contributed by atoms with Crippen LogP contribution in [0.3, 0.4) is 0 Å². The Hall–Kier alpha value is -0.950. The molecule has 0 saturated heterocycles. The van der Waals surface area contributed by atoms with Crippen LogP contribution in [0.4, 0.5) is 0 Å². The van der Waals surface area contributed by atoms with Gasteiger partial charge in [-0.3, -0.25) is 0 Å². The van der Waals surface area contributed by atoms with Gasteiger partial charge in [0.05, 0.1) is 4.90 Å². The van der Waals surface area contributed by atoms with E-state index in [1.807, 2.05) is 39.0 Å². The number of likely N-dealkylation sites (N-methyl/N-ethyl adjacent to an activating group) is 1. The number of nitrogens with one attached hydrogen (secondary N) is 2. The Kier molecular flexibility index (Phi) is 6.80. The van der Waals surface area contributed by atoms with Crippen LogP contribution in [0.5, 0.6) is 0 Å². The number of sulfonamides is 1. The van der Waals surface area contributed by atoms with Crippen molar-refractivity contribution in [2.24, 2.45) is 0 Å². The highest BCUT2D eigenvalue weighted by Crippen LogP contribution is 2.20. The Morgan fingerprint density at radius 2 is 1.95 bits per heavy atom. The summed E-state index contributed by atoms with van der Waals surface area (Å²) in [6.07, 6.45) is 0.907. The molecule has 2 unspecified atom stereocenters. The smallest absolute Gasteiger partial charge is 0.240 e. The number of rotatable bonds is 8. The summed E-state index contributed by atoms with van der Waals surface area (Å²) in [6.45, 7) is 4.59. The lowest BCUT2D eigenvalue weighted by Crippen LogP contribution is -2.39. The van der Waals surface area contributed by atoms with E-state index in [2.05, 4.69) is 17.0 Å². The van der Waals surface area contributed by atoms with Gasteiger partial charge in [-0.1, -0.05) is 19.1 Å². The van der Waals surface area contributed by atoms with Gasteiger partial charge in [0.2, 0.25) is 10.0 Å². The highest BCUT2D eigenvalue weighted by molar-refractivity contribution is 7.89. The number of nitrogens with zero attached hydrogens (tertiary/aromatic N) is 1. The summed E-state index contributed by atoms with van der Waals surface area (Å²) >= 11 is 0. The number of hydrogen-bond donors (Lipinski definition) is 2. The maximum Gasteiger partial charge on any atom is 0.240 e. The minimum atomic E-state index is -3.48. The van der Waals surface area contributed by atoms with Crippen LogP contribution in [-0.2, 0) is 10.0 Å². The SMILES string of the molecule is CCC(NC)c1cccc(S(=O)(=O)NC(C)CN(C)C)c1. The molecule has 0 aliphatic carbocycles. The topological polar surface area (TPSA) is 61.4 Å². The Morgan fingerprint density at radius 1 is 1.29 bits per heavy atom. The van der Waals surface area contributed by atoms with E-state index < -0.39 is 10.0 Å². The molecule has 0 bridgehead atoms. The third-order valence-electron chi connectivity index (χ3n) is 3.32. The molecule has 0 fully saturated rings. The van der Waals surface area contributed by atoms with E-state index >= 15 is 0 Å². The van der Waals surface area contributed by atoms with Crippen molar-refractivity contribution in [3.8, 4) is 0 Å². The fourth-order valence-corrected chi connectivity index (χ4v) is 3.71. The molecule has 2 N–H and O–H groups in total. The zero-order valence-electron chi connectivity index (χ0n) is 13.6. The maximum atomic E-state index is 12.4. The fourth-order valence-electron chi connectivity index (χ4n) is 2.42. The van der Waals surface area contributed by atoms with Gasteiger partial charge in [-0.15, -0.1) is 0 Å². The molecule has 0 amide bonds. The number of benzene rings is 1. The van der Waals surface area contributed by atoms with Gasteiger partial charge in [0.25, 0.3) is 0 Å². The number of hydrogen-bond acceptors (Lipinski definition) is 4. The minimum absolute atomic E-state index is 0.139. The summed E-state index contributed by atoms with van der Waals surface area (Å²) in [6, 6.07) is 7.15. The quantitative estimate of drug-likeness (QED) is 0.765. The molecule has 1 aromatic rings. The van der Waals surface area contributed by atoms with Crippen molar-refractivity contribution in [3.05, 3.63) is 29.8 Å². The van der Waals surface area contributed by atoms with Crippen molar-refractivity contribution in [3.63, 3.8) is 0 Å². The summed E-state index contributed by atoms with van der Waals surface area (Å²) in [5, 5.41) is 3.19. The van der Waals surface area contributed by atoms with Gasteiger partial charge in [0.15, 0.2) is 0 Å². The first-order valence-corrected chi connectivity index (χ1v) is 8.72. The Labute approximate surface area is 128 Å². The molecule has 0 heterocycles. The van der Waals surface area contributed by atoms with Gasteiger partial charge in [-0.25, -0.2) is 13.1 Å². The molecule has 5 nitrogen and oxygen atoms in total. The summed E-state index contributed by atoms with van der Waals surface area (Å²) < 4.78 is 27.6. The van der Waals surface area contributed by atoms with Crippen LogP contribution >= 0.6 is 0 Å². The van der Waals surface area contributed by atoms with Gasteiger partial charge in [-0.2, -0.15) is 0 Å². The molecule has 0 aromatic heterocycles. The Balaban J connectivity index is 2.96. The second-order valence-corrected chi connectivity index (χ2v) is 7.32. The van der Waals surface area contributed by atoms with Gasteiger partial charge in [0.1, 0.15) is 0 Å². The van der Waals surface area contributed by atoms with E-state index in [1.165, 1.54) is 0 Å². The molecular formula is C15H27N3O2S. The molecule has 1 rings (SSSR count). The van der Waals surface area contributed by atoms with Crippen LogP contribution in [0.1, 0.15) is 31.9 Å². The Bertz CT molecular complexity index is 540. The first-order chi connectivity index (χ1) is 9.80.